The highest BCUT2D eigenvalue weighted by Crippen LogP contribution is 2.40. The van der Waals surface area contributed by atoms with Crippen molar-refractivity contribution in [3.05, 3.63) is 59.4 Å². The lowest BCUT2D eigenvalue weighted by atomic mass is 9.87. The molecule has 1 aliphatic rings. The summed E-state index contributed by atoms with van der Waals surface area (Å²) in [7, 11) is 3.14. The second-order valence-electron chi connectivity index (χ2n) is 8.48. The third-order valence-corrected chi connectivity index (χ3v) is 5.91. The van der Waals surface area contributed by atoms with E-state index in [4.69, 9.17) is 9.47 Å². The van der Waals surface area contributed by atoms with E-state index >= 15 is 0 Å². The second-order valence-corrected chi connectivity index (χ2v) is 8.48. The second kappa shape index (κ2) is 10.5. The van der Waals surface area contributed by atoms with Gasteiger partial charge in [0.2, 0.25) is 5.91 Å². The van der Waals surface area contributed by atoms with Gasteiger partial charge in [-0.1, -0.05) is 26.0 Å². The van der Waals surface area contributed by atoms with Gasteiger partial charge in [-0.3, -0.25) is 9.59 Å². The molecule has 1 fully saturated rings. The minimum Gasteiger partial charge on any atom is -0.497 e. The van der Waals surface area contributed by atoms with Gasteiger partial charge in [0.1, 0.15) is 17.3 Å². The quantitative estimate of drug-likeness (QED) is 0.674. The lowest BCUT2D eigenvalue weighted by Gasteiger charge is -2.21. The van der Waals surface area contributed by atoms with E-state index in [2.05, 4.69) is 19.2 Å². The molecule has 2 aromatic rings. The number of nitrogens with one attached hydrogen (secondary N) is 1. The topological polar surface area (TPSA) is 67.9 Å². The van der Waals surface area contributed by atoms with Crippen molar-refractivity contribution >= 4 is 11.8 Å². The number of amides is 2. The van der Waals surface area contributed by atoms with E-state index in [0.717, 1.165) is 12.0 Å². The van der Waals surface area contributed by atoms with Gasteiger partial charge in [0.25, 0.3) is 5.91 Å². The van der Waals surface area contributed by atoms with Crippen LogP contribution in [0.1, 0.15) is 42.1 Å². The number of methoxy groups -OCH3 is 2. The van der Waals surface area contributed by atoms with Crippen LogP contribution in [-0.4, -0.2) is 50.6 Å². The number of carbonyl (C=O) groups is 2. The fraction of sp³-hybridized carbons (Fsp3) is 0.440. The zero-order chi connectivity index (χ0) is 23.3. The predicted octanol–water partition coefficient (Wildman–Crippen LogP) is 3.86. The fourth-order valence-corrected chi connectivity index (χ4v) is 4.10. The van der Waals surface area contributed by atoms with Gasteiger partial charge < -0.3 is 19.7 Å². The maximum Gasteiger partial charge on any atom is 0.256 e. The number of nitrogens with zero attached hydrogens (tertiary/aromatic N) is 1. The number of carbonyl (C=O) groups excluding carboxylic acids is 2. The van der Waals surface area contributed by atoms with Crippen LogP contribution in [0.4, 0.5) is 4.39 Å². The van der Waals surface area contributed by atoms with Crippen molar-refractivity contribution in [3.8, 4) is 11.5 Å². The van der Waals surface area contributed by atoms with Gasteiger partial charge in [-0.25, -0.2) is 4.39 Å². The van der Waals surface area contributed by atoms with Gasteiger partial charge in [0.15, 0.2) is 0 Å². The van der Waals surface area contributed by atoms with Gasteiger partial charge >= 0.3 is 0 Å². The molecule has 32 heavy (non-hydrogen) atoms. The van der Waals surface area contributed by atoms with Crippen LogP contribution in [0, 0.1) is 17.7 Å². The molecule has 0 bridgehead atoms. The molecule has 1 N–H and O–H groups in total. The number of ether oxygens (including phenoxy) is 2. The first-order valence-electron chi connectivity index (χ1n) is 10.9. The highest BCUT2D eigenvalue weighted by atomic mass is 19.1. The average Bonchev–Trinajstić information content (AvgIpc) is 3.23. The van der Waals surface area contributed by atoms with E-state index in [1.165, 1.54) is 12.1 Å². The molecule has 0 aromatic heterocycles. The van der Waals surface area contributed by atoms with Gasteiger partial charge in [0, 0.05) is 31.1 Å². The molecule has 0 spiro atoms. The zero-order valence-electron chi connectivity index (χ0n) is 19.1. The molecule has 1 heterocycles. The summed E-state index contributed by atoms with van der Waals surface area (Å²) < 4.78 is 25.2. The van der Waals surface area contributed by atoms with E-state index in [1.807, 2.05) is 6.07 Å². The summed E-state index contributed by atoms with van der Waals surface area (Å²) in [5, 5.41) is 3.01. The van der Waals surface area contributed by atoms with Crippen molar-refractivity contribution in [2.75, 3.05) is 33.9 Å². The first-order chi connectivity index (χ1) is 15.3. The van der Waals surface area contributed by atoms with Crippen LogP contribution in [0.2, 0.25) is 0 Å². The molecule has 0 saturated carbocycles. The monoisotopic (exact) mass is 442 g/mol. The van der Waals surface area contributed by atoms with Crippen LogP contribution in [0.15, 0.2) is 42.5 Å². The summed E-state index contributed by atoms with van der Waals surface area (Å²) in [6.07, 6.45) is 0.865. The van der Waals surface area contributed by atoms with E-state index in [-0.39, 0.29) is 30.5 Å². The first kappa shape index (κ1) is 23.6. The molecule has 172 valence electrons. The van der Waals surface area contributed by atoms with Gasteiger partial charge in [-0.05, 0) is 42.7 Å². The first-order valence-corrected chi connectivity index (χ1v) is 10.9. The van der Waals surface area contributed by atoms with E-state index < -0.39 is 17.6 Å². The zero-order valence-corrected chi connectivity index (χ0v) is 19.1. The smallest absolute Gasteiger partial charge is 0.256 e. The molecule has 0 unspecified atom stereocenters. The number of hydrogen-bond donors (Lipinski definition) is 1. The molecule has 2 amide bonds. The third-order valence-electron chi connectivity index (χ3n) is 5.91. The van der Waals surface area contributed by atoms with Crippen molar-refractivity contribution in [2.45, 2.75) is 26.2 Å². The Kier molecular flexibility index (Phi) is 7.72. The van der Waals surface area contributed by atoms with Crippen LogP contribution in [-0.2, 0) is 4.79 Å². The Hall–Kier alpha value is -3.09. The lowest BCUT2D eigenvalue weighted by molar-refractivity contribution is -0.124. The normalized spacial score (nSPS) is 18.0. The van der Waals surface area contributed by atoms with Crippen molar-refractivity contribution in [3.63, 3.8) is 0 Å². The molecule has 6 nitrogen and oxygen atoms in total. The molecule has 0 radical (unpaired) electrons. The van der Waals surface area contributed by atoms with Crippen molar-refractivity contribution in [1.29, 1.82) is 0 Å². The molecule has 0 aliphatic carbocycles. The molecule has 2 atom stereocenters. The Morgan fingerprint density at radius 2 is 1.88 bits per heavy atom. The number of halogens is 1. The summed E-state index contributed by atoms with van der Waals surface area (Å²) in [5.41, 5.74) is 0.796. The van der Waals surface area contributed by atoms with E-state index in [0.29, 0.717) is 24.0 Å². The number of rotatable bonds is 8. The standard InChI is InChI=1S/C25H31FN2O4/c1-16(2)11-12-27-24(29)21-15-28(25(30)18-7-5-6-8-22(18)26)14-20(21)19-13-17(31-3)9-10-23(19)32-4/h5-10,13,16,20-21H,11-12,14-15H2,1-4H3,(H,27,29)/t20-,21-/m1/s1. The summed E-state index contributed by atoms with van der Waals surface area (Å²) in [4.78, 5) is 27.8. The Morgan fingerprint density at radius 1 is 1.12 bits per heavy atom. The maximum absolute atomic E-state index is 14.3. The average molecular weight is 443 g/mol. The molecular formula is C25H31FN2O4. The van der Waals surface area contributed by atoms with Crippen molar-refractivity contribution in [1.82, 2.24) is 10.2 Å². The molecule has 1 saturated heterocycles. The van der Waals surface area contributed by atoms with Crippen LogP contribution in [0.5, 0.6) is 11.5 Å². The third kappa shape index (κ3) is 5.21. The molecule has 7 heteroatoms. The highest BCUT2D eigenvalue weighted by Gasteiger charge is 2.42. The van der Waals surface area contributed by atoms with Crippen LogP contribution in [0.25, 0.3) is 0 Å². The van der Waals surface area contributed by atoms with Crippen molar-refractivity contribution in [2.24, 2.45) is 11.8 Å². The summed E-state index contributed by atoms with van der Waals surface area (Å²) in [5.74, 6) is -0.190. The van der Waals surface area contributed by atoms with Gasteiger partial charge in [0.05, 0.1) is 25.7 Å². The minimum absolute atomic E-state index is 0.00437. The SMILES string of the molecule is COc1ccc(OC)c([C@H]2CN(C(=O)c3ccccc3F)C[C@H]2C(=O)NCCC(C)C)c1. The van der Waals surface area contributed by atoms with E-state index in [1.54, 1.807) is 43.4 Å². The summed E-state index contributed by atoms with van der Waals surface area (Å²) in [6.45, 7) is 5.24. The number of benzene rings is 2. The summed E-state index contributed by atoms with van der Waals surface area (Å²) >= 11 is 0. The van der Waals surface area contributed by atoms with Gasteiger partial charge in [-0.15, -0.1) is 0 Å². The van der Waals surface area contributed by atoms with E-state index in [9.17, 15) is 14.0 Å². The van der Waals surface area contributed by atoms with Crippen LogP contribution in [0.3, 0.4) is 0 Å². The number of likely N-dealkylation sites (tertiary alicyclic amines) is 1. The van der Waals surface area contributed by atoms with Gasteiger partial charge in [-0.2, -0.15) is 0 Å². The Morgan fingerprint density at radius 3 is 2.53 bits per heavy atom. The number of hydrogen-bond acceptors (Lipinski definition) is 4. The minimum atomic E-state index is -0.571. The Balaban J connectivity index is 1.92. The Labute approximate surface area is 188 Å². The predicted molar refractivity (Wildman–Crippen MR) is 121 cm³/mol. The van der Waals surface area contributed by atoms with Crippen molar-refractivity contribution < 1.29 is 23.5 Å². The molecule has 2 aromatic carbocycles. The largest absolute Gasteiger partial charge is 0.497 e. The molecular weight excluding hydrogens is 411 g/mol. The fourth-order valence-electron chi connectivity index (χ4n) is 4.10. The maximum atomic E-state index is 14.3. The molecule has 3 rings (SSSR count). The highest BCUT2D eigenvalue weighted by molar-refractivity contribution is 5.95. The molecule has 1 aliphatic heterocycles. The lowest BCUT2D eigenvalue weighted by Crippen LogP contribution is -2.36. The Bertz CT molecular complexity index is 963. The van der Waals surface area contributed by atoms with Crippen LogP contribution >= 0.6 is 0 Å². The summed E-state index contributed by atoms with van der Waals surface area (Å²) in [6, 6.07) is 11.3. The van der Waals surface area contributed by atoms with Crippen LogP contribution < -0.4 is 14.8 Å².